The molecule has 0 aliphatic carbocycles. The molecule has 4 N–H and O–H groups in total. The average molecular weight is 536 g/mol. The molecule has 0 atom stereocenters. The molecule has 1 fully saturated rings. The van der Waals surface area contributed by atoms with Crippen molar-refractivity contribution >= 4 is 33.4 Å². The number of nitrogens with one attached hydrogen (secondary N) is 3. The number of sulfonamides is 1. The summed E-state index contributed by atoms with van der Waals surface area (Å²) in [6.07, 6.45) is -3.70. The van der Waals surface area contributed by atoms with E-state index < -0.39 is 28.0 Å². The Morgan fingerprint density at radius 1 is 1.14 bits per heavy atom. The van der Waals surface area contributed by atoms with Crippen molar-refractivity contribution in [2.24, 2.45) is 0 Å². The Labute approximate surface area is 204 Å². The second-order valence-electron chi connectivity index (χ2n) is 7.82. The summed E-state index contributed by atoms with van der Waals surface area (Å²) in [5.74, 6) is -3.11. The Bertz CT molecular complexity index is 1170. The molecule has 10 nitrogen and oxygen atoms in total. The van der Waals surface area contributed by atoms with Gasteiger partial charge in [0.05, 0.1) is 22.3 Å². The first-order valence-electron chi connectivity index (χ1n) is 10.6. The lowest BCUT2D eigenvalue weighted by Gasteiger charge is -2.30. The summed E-state index contributed by atoms with van der Waals surface area (Å²) in [4.78, 5) is 27.9. The van der Waals surface area contributed by atoms with Crippen molar-refractivity contribution < 1.29 is 40.7 Å². The first kappa shape index (κ1) is 28.8. The molecule has 2 heterocycles. The van der Waals surface area contributed by atoms with E-state index in [9.17, 15) is 30.8 Å². The molecule has 1 aliphatic heterocycles. The minimum atomic E-state index is -5.08. The second kappa shape index (κ2) is 12.0. The van der Waals surface area contributed by atoms with E-state index >= 15 is 0 Å². The molecule has 1 aromatic carbocycles. The number of pyridine rings is 1. The van der Waals surface area contributed by atoms with Crippen LogP contribution in [0.15, 0.2) is 41.4 Å². The van der Waals surface area contributed by atoms with Crippen LogP contribution < -0.4 is 20.3 Å². The summed E-state index contributed by atoms with van der Waals surface area (Å²) in [7, 11) is -3.95. The topological polar surface area (TPSA) is 141 Å². The van der Waals surface area contributed by atoms with Crippen LogP contribution in [0, 0.1) is 5.82 Å². The van der Waals surface area contributed by atoms with E-state index in [1.807, 2.05) is 18.7 Å². The molecule has 1 aliphatic rings. The number of carbonyl (C=O) groups excluding carboxylic acids is 1. The monoisotopic (exact) mass is 535 g/mol. The number of hydrogen-bond donors (Lipinski definition) is 4. The van der Waals surface area contributed by atoms with E-state index in [0.717, 1.165) is 25.2 Å². The third-order valence-electron chi connectivity index (χ3n) is 4.57. The minimum absolute atomic E-state index is 0.0849. The van der Waals surface area contributed by atoms with Gasteiger partial charge in [0, 0.05) is 32.2 Å². The fraction of sp³-hybridized carbons (Fsp3) is 0.381. The average Bonchev–Trinajstić information content (AvgIpc) is 2.79. The van der Waals surface area contributed by atoms with E-state index in [4.69, 9.17) is 9.90 Å². The summed E-state index contributed by atoms with van der Waals surface area (Å²) < 4.78 is 72.4. The SMILES string of the molecule is CC(C)NC(=O)c1cc(NS(=O)(=O)c2ccc(F)cc2)cnc1N1CCNCC1.O=C(O)C(F)(F)F. The maximum absolute atomic E-state index is 13.1. The van der Waals surface area contributed by atoms with Crippen molar-refractivity contribution in [2.45, 2.75) is 31.0 Å². The number of carboxylic acid groups (broad SMARTS) is 1. The van der Waals surface area contributed by atoms with Gasteiger partial charge in [0.15, 0.2) is 0 Å². The highest BCUT2D eigenvalue weighted by Gasteiger charge is 2.38. The summed E-state index contributed by atoms with van der Waals surface area (Å²) in [5, 5.41) is 13.2. The lowest BCUT2D eigenvalue weighted by atomic mass is 10.2. The molecule has 0 bridgehead atoms. The molecular weight excluding hydrogens is 510 g/mol. The van der Waals surface area contributed by atoms with Gasteiger partial charge in [-0.2, -0.15) is 13.2 Å². The fourth-order valence-corrected chi connectivity index (χ4v) is 4.01. The molecule has 3 rings (SSSR count). The summed E-state index contributed by atoms with van der Waals surface area (Å²) in [6.45, 7) is 6.61. The minimum Gasteiger partial charge on any atom is -0.475 e. The number of piperazine rings is 1. The number of aromatic nitrogens is 1. The Morgan fingerprint density at radius 2 is 1.69 bits per heavy atom. The van der Waals surface area contributed by atoms with Crippen molar-refractivity contribution in [3.63, 3.8) is 0 Å². The predicted octanol–water partition coefficient (Wildman–Crippen LogP) is 2.20. The Hall–Kier alpha value is -3.46. The van der Waals surface area contributed by atoms with Gasteiger partial charge in [0.25, 0.3) is 15.9 Å². The molecule has 0 saturated carbocycles. The molecule has 0 unspecified atom stereocenters. The van der Waals surface area contributed by atoms with Crippen LogP contribution in [0.1, 0.15) is 24.2 Å². The van der Waals surface area contributed by atoms with Crippen molar-refractivity contribution in [3.05, 3.63) is 47.9 Å². The number of amides is 1. The third-order valence-corrected chi connectivity index (χ3v) is 5.96. The Kier molecular flexibility index (Phi) is 9.58. The summed E-state index contributed by atoms with van der Waals surface area (Å²) >= 11 is 0. The number of hydrogen-bond acceptors (Lipinski definition) is 7. The highest BCUT2D eigenvalue weighted by Crippen LogP contribution is 2.24. The van der Waals surface area contributed by atoms with E-state index in [0.29, 0.717) is 24.5 Å². The summed E-state index contributed by atoms with van der Waals surface area (Å²) in [5.41, 5.74) is 0.446. The molecule has 36 heavy (non-hydrogen) atoms. The standard InChI is InChI=1S/C19H24FN5O3S.C2HF3O2/c1-13(2)23-19(26)17-11-15(12-22-18(17)25-9-7-21-8-10-25)24-29(27,28)16-5-3-14(20)4-6-16;3-2(4,5)1(6)7/h3-6,11-13,21,24H,7-10H2,1-2H3,(H,23,26);(H,6,7). The number of aliphatic carboxylic acids is 1. The predicted molar refractivity (Wildman–Crippen MR) is 123 cm³/mol. The van der Waals surface area contributed by atoms with Gasteiger partial charge in [0.2, 0.25) is 0 Å². The van der Waals surface area contributed by atoms with Gasteiger partial charge in [0.1, 0.15) is 11.6 Å². The van der Waals surface area contributed by atoms with Crippen molar-refractivity contribution in [2.75, 3.05) is 35.8 Å². The van der Waals surface area contributed by atoms with Crippen LogP contribution in [-0.2, 0) is 14.8 Å². The Morgan fingerprint density at radius 3 is 2.19 bits per heavy atom. The third kappa shape index (κ3) is 8.34. The van der Waals surface area contributed by atoms with E-state index in [2.05, 4.69) is 20.3 Å². The maximum Gasteiger partial charge on any atom is 0.490 e. The number of alkyl halides is 3. The quantitative estimate of drug-likeness (QED) is 0.413. The zero-order chi connectivity index (χ0) is 27.1. The van der Waals surface area contributed by atoms with Crippen LogP contribution in [0.2, 0.25) is 0 Å². The second-order valence-corrected chi connectivity index (χ2v) is 9.51. The lowest BCUT2D eigenvalue weighted by Crippen LogP contribution is -2.45. The molecule has 2 aromatic rings. The first-order chi connectivity index (χ1) is 16.7. The molecule has 1 amide bonds. The van der Waals surface area contributed by atoms with Crippen molar-refractivity contribution in [1.29, 1.82) is 0 Å². The smallest absolute Gasteiger partial charge is 0.475 e. The van der Waals surface area contributed by atoms with Crippen LogP contribution in [0.5, 0.6) is 0 Å². The molecule has 1 saturated heterocycles. The number of anilines is 2. The van der Waals surface area contributed by atoms with E-state index in [1.54, 1.807) is 0 Å². The Balaban J connectivity index is 0.000000572. The zero-order valence-corrected chi connectivity index (χ0v) is 20.1. The highest BCUT2D eigenvalue weighted by atomic mass is 32.2. The number of nitrogens with zero attached hydrogens (tertiary/aromatic N) is 2. The van der Waals surface area contributed by atoms with Crippen LogP contribution in [-0.4, -0.2) is 68.8 Å². The lowest BCUT2D eigenvalue weighted by molar-refractivity contribution is -0.192. The van der Waals surface area contributed by atoms with Crippen LogP contribution in [0.25, 0.3) is 0 Å². The molecule has 198 valence electrons. The van der Waals surface area contributed by atoms with E-state index in [-0.39, 0.29) is 22.5 Å². The largest absolute Gasteiger partial charge is 0.490 e. The van der Waals surface area contributed by atoms with Crippen LogP contribution in [0.4, 0.5) is 29.1 Å². The van der Waals surface area contributed by atoms with Gasteiger partial charge in [-0.15, -0.1) is 0 Å². The van der Waals surface area contributed by atoms with Gasteiger partial charge in [-0.25, -0.2) is 22.6 Å². The maximum atomic E-state index is 13.1. The van der Waals surface area contributed by atoms with Crippen LogP contribution in [0.3, 0.4) is 0 Å². The normalized spacial score (nSPS) is 14.0. The van der Waals surface area contributed by atoms with Crippen molar-refractivity contribution in [3.8, 4) is 0 Å². The number of carboxylic acids is 1. The molecule has 1 aromatic heterocycles. The van der Waals surface area contributed by atoms with Gasteiger partial charge in [-0.3, -0.25) is 9.52 Å². The number of benzene rings is 1. The van der Waals surface area contributed by atoms with E-state index in [1.165, 1.54) is 24.4 Å². The number of halogens is 4. The van der Waals surface area contributed by atoms with Gasteiger partial charge in [-0.1, -0.05) is 0 Å². The van der Waals surface area contributed by atoms with Gasteiger partial charge in [-0.05, 0) is 44.2 Å². The highest BCUT2D eigenvalue weighted by molar-refractivity contribution is 7.92. The van der Waals surface area contributed by atoms with Gasteiger partial charge < -0.3 is 20.6 Å². The molecule has 15 heteroatoms. The summed E-state index contributed by atoms with van der Waals surface area (Å²) in [6, 6.07) is 5.88. The molecule has 0 radical (unpaired) electrons. The molecular formula is C21H25F4N5O5S. The fourth-order valence-electron chi connectivity index (χ4n) is 2.98. The van der Waals surface area contributed by atoms with Crippen LogP contribution >= 0.6 is 0 Å². The number of rotatable bonds is 6. The number of carbonyl (C=O) groups is 2. The molecule has 0 spiro atoms. The zero-order valence-electron chi connectivity index (χ0n) is 19.3. The first-order valence-corrected chi connectivity index (χ1v) is 12.0. The van der Waals surface area contributed by atoms with Crippen molar-refractivity contribution in [1.82, 2.24) is 15.6 Å². The van der Waals surface area contributed by atoms with Gasteiger partial charge >= 0.3 is 12.1 Å².